The molecule has 1 fully saturated rings. The van der Waals surface area contributed by atoms with Crippen molar-refractivity contribution in [2.45, 2.75) is 64.5 Å². The van der Waals surface area contributed by atoms with Crippen molar-refractivity contribution in [3.63, 3.8) is 0 Å². The van der Waals surface area contributed by atoms with Crippen LogP contribution < -0.4 is 4.74 Å². The number of rotatable bonds is 9. The van der Waals surface area contributed by atoms with Gasteiger partial charge in [-0.2, -0.15) is 0 Å². The van der Waals surface area contributed by atoms with Crippen molar-refractivity contribution in [2.75, 3.05) is 6.61 Å². The first-order valence-electron chi connectivity index (χ1n) is 11.7. The van der Waals surface area contributed by atoms with Gasteiger partial charge in [0, 0.05) is 33.9 Å². The van der Waals surface area contributed by atoms with Crippen LogP contribution in [-0.2, 0) is 42.9 Å². The molecule has 12 nitrogen and oxygen atoms in total. The Morgan fingerprint density at radius 2 is 1.45 bits per heavy atom. The molecule has 1 unspecified atom stereocenters. The number of ether oxygens (including phenoxy) is 6. The third kappa shape index (κ3) is 7.73. The van der Waals surface area contributed by atoms with Gasteiger partial charge in [0.2, 0.25) is 12.4 Å². The second-order valence-electron chi connectivity index (χ2n) is 8.41. The standard InChI is InChI=1S/C26H29NO11/c1-14(28)33-13-21-23(34-15(2)29)24(35-16(3)30)25(36-17(4)31)26(38-21)37-19-10-8-18(9-11-19)22(32)20-7-5-6-12-27-20/h5-12,21-26,32H,13H2,1-4H3/t21-,22?,23+,24+,25-,26-/m1/s1. The van der Waals surface area contributed by atoms with Crippen LogP contribution in [0.1, 0.15) is 45.1 Å². The third-order valence-corrected chi connectivity index (χ3v) is 5.36. The highest BCUT2D eigenvalue weighted by molar-refractivity contribution is 5.68. The molecular weight excluding hydrogens is 502 g/mol. The molecule has 0 aliphatic carbocycles. The van der Waals surface area contributed by atoms with Crippen molar-refractivity contribution in [1.29, 1.82) is 0 Å². The number of nitrogens with zero attached hydrogens (tertiary/aromatic N) is 1. The Kier molecular flexibility index (Phi) is 9.74. The number of esters is 4. The van der Waals surface area contributed by atoms with E-state index in [1.807, 2.05) is 0 Å². The molecule has 1 aliphatic heterocycles. The van der Waals surface area contributed by atoms with Crippen molar-refractivity contribution in [2.24, 2.45) is 0 Å². The zero-order chi connectivity index (χ0) is 27.8. The van der Waals surface area contributed by atoms with E-state index in [-0.39, 0.29) is 12.4 Å². The predicted molar refractivity (Wildman–Crippen MR) is 127 cm³/mol. The van der Waals surface area contributed by atoms with Gasteiger partial charge in [-0.15, -0.1) is 0 Å². The highest BCUT2D eigenvalue weighted by Gasteiger charge is 2.53. The van der Waals surface area contributed by atoms with Crippen LogP contribution in [0.25, 0.3) is 0 Å². The Balaban J connectivity index is 1.90. The fraction of sp³-hybridized carbons (Fsp3) is 0.423. The summed E-state index contributed by atoms with van der Waals surface area (Å²) in [6.07, 6.45) is -5.87. The maximum absolute atomic E-state index is 11.9. The lowest BCUT2D eigenvalue weighted by Gasteiger charge is -2.43. The molecule has 0 saturated carbocycles. The lowest BCUT2D eigenvalue weighted by molar-refractivity contribution is -0.288. The summed E-state index contributed by atoms with van der Waals surface area (Å²) in [5.74, 6) is -2.59. The average molecular weight is 532 g/mol. The fourth-order valence-electron chi connectivity index (χ4n) is 3.85. The van der Waals surface area contributed by atoms with E-state index in [1.165, 1.54) is 6.92 Å². The van der Waals surface area contributed by atoms with E-state index >= 15 is 0 Å². The first-order chi connectivity index (χ1) is 18.0. The second-order valence-corrected chi connectivity index (χ2v) is 8.41. The summed E-state index contributed by atoms with van der Waals surface area (Å²) in [5.41, 5.74) is 0.998. The molecule has 204 valence electrons. The van der Waals surface area contributed by atoms with Gasteiger partial charge in [-0.3, -0.25) is 24.2 Å². The first-order valence-corrected chi connectivity index (χ1v) is 11.7. The molecule has 2 aromatic rings. The topological polar surface area (TPSA) is 157 Å². The Hall–Kier alpha value is -4.03. The SMILES string of the molecule is CC(=O)OC[C@H]1O[C@@H](Oc2ccc(C(O)c3ccccn3)cc2)[C@H](OC(C)=O)[C@@H](OC(C)=O)[C@H]1OC(C)=O. The first kappa shape index (κ1) is 28.5. The summed E-state index contributed by atoms with van der Waals surface area (Å²) >= 11 is 0. The third-order valence-electron chi connectivity index (χ3n) is 5.36. The number of benzene rings is 1. The molecule has 6 atom stereocenters. The van der Waals surface area contributed by atoms with Gasteiger partial charge >= 0.3 is 23.9 Å². The minimum absolute atomic E-state index is 0.253. The van der Waals surface area contributed by atoms with Crippen molar-refractivity contribution in [3.8, 4) is 5.75 Å². The number of hydrogen-bond acceptors (Lipinski definition) is 12. The monoisotopic (exact) mass is 531 g/mol. The fourth-order valence-corrected chi connectivity index (χ4v) is 3.85. The molecule has 1 saturated heterocycles. The highest BCUT2D eigenvalue weighted by Crippen LogP contribution is 2.31. The molecule has 1 N–H and O–H groups in total. The van der Waals surface area contributed by atoms with Gasteiger partial charge in [0.15, 0.2) is 12.2 Å². The van der Waals surface area contributed by atoms with Crippen LogP contribution in [0.5, 0.6) is 5.75 Å². The minimum Gasteiger partial charge on any atom is -0.463 e. The van der Waals surface area contributed by atoms with Gasteiger partial charge < -0.3 is 33.5 Å². The lowest BCUT2D eigenvalue weighted by Crippen LogP contribution is -2.63. The molecule has 0 amide bonds. The maximum Gasteiger partial charge on any atom is 0.303 e. The van der Waals surface area contributed by atoms with E-state index in [0.29, 0.717) is 11.3 Å². The molecule has 12 heteroatoms. The molecule has 0 spiro atoms. The maximum atomic E-state index is 11.9. The number of carbonyl (C=O) groups excluding carboxylic acids is 4. The minimum atomic E-state index is -1.36. The Bertz CT molecular complexity index is 1120. The van der Waals surface area contributed by atoms with Crippen LogP contribution in [0.3, 0.4) is 0 Å². The van der Waals surface area contributed by atoms with E-state index in [1.54, 1.807) is 48.7 Å². The van der Waals surface area contributed by atoms with Crippen molar-refractivity contribution in [3.05, 3.63) is 59.9 Å². The molecule has 0 radical (unpaired) electrons. The summed E-state index contributed by atoms with van der Waals surface area (Å²) in [4.78, 5) is 51.3. The lowest BCUT2D eigenvalue weighted by atomic mass is 9.98. The van der Waals surface area contributed by atoms with Crippen LogP contribution >= 0.6 is 0 Å². The van der Waals surface area contributed by atoms with Gasteiger partial charge in [-0.05, 0) is 29.8 Å². The average Bonchev–Trinajstić information content (AvgIpc) is 2.86. The number of carbonyl (C=O) groups is 4. The van der Waals surface area contributed by atoms with Crippen LogP contribution in [0.15, 0.2) is 48.7 Å². The summed E-state index contributed by atoms with van der Waals surface area (Å²) in [6.45, 7) is 4.23. The second kappa shape index (κ2) is 13.0. The van der Waals surface area contributed by atoms with E-state index in [2.05, 4.69) is 4.98 Å². The van der Waals surface area contributed by atoms with Crippen molar-refractivity contribution >= 4 is 23.9 Å². The Morgan fingerprint density at radius 1 is 0.842 bits per heavy atom. The summed E-state index contributed by atoms with van der Waals surface area (Å²) in [7, 11) is 0. The Labute approximate surface area is 218 Å². The quantitative estimate of drug-likeness (QED) is 0.369. The largest absolute Gasteiger partial charge is 0.463 e. The van der Waals surface area contributed by atoms with E-state index in [9.17, 15) is 24.3 Å². The van der Waals surface area contributed by atoms with Crippen molar-refractivity contribution in [1.82, 2.24) is 4.98 Å². The number of hydrogen-bond donors (Lipinski definition) is 1. The molecular formula is C26H29NO11. The molecule has 38 heavy (non-hydrogen) atoms. The molecule has 1 aromatic heterocycles. The molecule has 1 aromatic carbocycles. The van der Waals surface area contributed by atoms with Gasteiger partial charge in [0.1, 0.15) is 24.6 Å². The highest BCUT2D eigenvalue weighted by atomic mass is 16.7. The molecule has 0 bridgehead atoms. The van der Waals surface area contributed by atoms with Gasteiger partial charge in [0.25, 0.3) is 0 Å². The van der Waals surface area contributed by atoms with Crippen LogP contribution in [0.4, 0.5) is 0 Å². The predicted octanol–water partition coefficient (Wildman–Crippen LogP) is 1.63. The summed E-state index contributed by atoms with van der Waals surface area (Å²) in [5, 5.41) is 10.6. The number of pyridine rings is 1. The number of aliphatic hydroxyl groups is 1. The van der Waals surface area contributed by atoms with Crippen LogP contribution in [-0.4, -0.2) is 71.3 Å². The van der Waals surface area contributed by atoms with Gasteiger partial charge in [0.05, 0.1) is 5.69 Å². The van der Waals surface area contributed by atoms with Crippen LogP contribution in [0.2, 0.25) is 0 Å². The van der Waals surface area contributed by atoms with Gasteiger partial charge in [-0.25, -0.2) is 0 Å². The molecule has 1 aliphatic rings. The van der Waals surface area contributed by atoms with E-state index in [4.69, 9.17) is 28.4 Å². The summed E-state index contributed by atoms with van der Waals surface area (Å²) < 4.78 is 33.0. The summed E-state index contributed by atoms with van der Waals surface area (Å²) in [6, 6.07) is 11.5. The van der Waals surface area contributed by atoms with E-state index in [0.717, 1.165) is 20.8 Å². The van der Waals surface area contributed by atoms with Crippen LogP contribution in [0, 0.1) is 0 Å². The smallest absolute Gasteiger partial charge is 0.303 e. The Morgan fingerprint density at radius 3 is 2.00 bits per heavy atom. The zero-order valence-corrected chi connectivity index (χ0v) is 21.3. The van der Waals surface area contributed by atoms with E-state index < -0.39 is 60.7 Å². The van der Waals surface area contributed by atoms with Crippen molar-refractivity contribution < 1.29 is 52.7 Å². The number of aromatic nitrogens is 1. The number of aliphatic hydroxyl groups excluding tert-OH is 1. The normalized spacial score (nSPS) is 23.4. The zero-order valence-electron chi connectivity index (χ0n) is 21.3. The van der Waals surface area contributed by atoms with Gasteiger partial charge in [-0.1, -0.05) is 18.2 Å². The molecule has 2 heterocycles. The molecule has 3 rings (SSSR count).